The highest BCUT2D eigenvalue weighted by atomic mass is 35.5. The number of nitrogens with two attached hydrogens (primary N) is 1. The molecule has 2 aromatic heterocycles. The Morgan fingerprint density at radius 1 is 1.21 bits per heavy atom. The summed E-state index contributed by atoms with van der Waals surface area (Å²) in [5.74, 6) is 1.46. The predicted octanol–water partition coefficient (Wildman–Crippen LogP) is 2.90. The van der Waals surface area contributed by atoms with E-state index in [2.05, 4.69) is 20.3 Å². The van der Waals surface area contributed by atoms with Gasteiger partial charge in [0.15, 0.2) is 5.65 Å². The van der Waals surface area contributed by atoms with Gasteiger partial charge in [0, 0.05) is 23.3 Å². The number of imidazole rings is 1. The fourth-order valence-electron chi connectivity index (χ4n) is 1.91. The van der Waals surface area contributed by atoms with Crippen molar-refractivity contribution in [1.82, 2.24) is 15.0 Å². The standard InChI is InChI=1S/C13H12ClN5/c1-16-11-5-4-10-13(18-11)19-12(17-10)8-3-2-7(14)6-9(8)15/h2-6H,15H2,1H3,(H2,16,17,18,19). The number of halogens is 1. The average molecular weight is 274 g/mol. The second-order valence-electron chi connectivity index (χ2n) is 4.13. The molecule has 0 atom stereocenters. The molecule has 96 valence electrons. The molecule has 0 fully saturated rings. The molecule has 0 aliphatic heterocycles. The lowest BCUT2D eigenvalue weighted by Crippen LogP contribution is -1.91. The van der Waals surface area contributed by atoms with Gasteiger partial charge in [0.05, 0.1) is 5.52 Å². The van der Waals surface area contributed by atoms with Crippen LogP contribution in [0.1, 0.15) is 0 Å². The van der Waals surface area contributed by atoms with Gasteiger partial charge in [0.1, 0.15) is 11.6 Å². The van der Waals surface area contributed by atoms with E-state index in [0.29, 0.717) is 22.2 Å². The van der Waals surface area contributed by atoms with E-state index in [1.54, 1.807) is 12.1 Å². The Bertz CT molecular complexity index is 750. The summed E-state index contributed by atoms with van der Waals surface area (Å²) in [6, 6.07) is 9.14. The number of nitrogens with zero attached hydrogens (tertiary/aromatic N) is 2. The van der Waals surface area contributed by atoms with Crippen molar-refractivity contribution >= 4 is 34.3 Å². The minimum absolute atomic E-state index is 0.584. The number of aromatic nitrogens is 3. The highest BCUT2D eigenvalue weighted by molar-refractivity contribution is 6.31. The van der Waals surface area contributed by atoms with E-state index < -0.39 is 0 Å². The van der Waals surface area contributed by atoms with E-state index in [4.69, 9.17) is 17.3 Å². The summed E-state index contributed by atoms with van der Waals surface area (Å²) in [4.78, 5) is 12.0. The molecule has 4 N–H and O–H groups in total. The minimum atomic E-state index is 0.584. The molecule has 19 heavy (non-hydrogen) atoms. The topological polar surface area (TPSA) is 79.6 Å². The highest BCUT2D eigenvalue weighted by Crippen LogP contribution is 2.27. The average Bonchev–Trinajstić information content (AvgIpc) is 2.80. The van der Waals surface area contributed by atoms with Gasteiger partial charge in [-0.25, -0.2) is 9.97 Å². The molecule has 0 saturated heterocycles. The number of H-pyrrole nitrogens is 1. The molecular weight excluding hydrogens is 262 g/mol. The van der Waals surface area contributed by atoms with Crippen LogP contribution in [0.25, 0.3) is 22.6 Å². The van der Waals surface area contributed by atoms with Gasteiger partial charge in [0.25, 0.3) is 0 Å². The van der Waals surface area contributed by atoms with Gasteiger partial charge in [-0.15, -0.1) is 0 Å². The van der Waals surface area contributed by atoms with Crippen molar-refractivity contribution in [1.29, 1.82) is 0 Å². The van der Waals surface area contributed by atoms with Crippen LogP contribution in [-0.4, -0.2) is 22.0 Å². The first-order valence-corrected chi connectivity index (χ1v) is 6.15. The summed E-state index contributed by atoms with van der Waals surface area (Å²) >= 11 is 5.89. The molecule has 0 aliphatic rings. The fourth-order valence-corrected chi connectivity index (χ4v) is 2.09. The summed E-state index contributed by atoms with van der Waals surface area (Å²) < 4.78 is 0. The molecular formula is C13H12ClN5. The van der Waals surface area contributed by atoms with Crippen LogP contribution < -0.4 is 11.1 Å². The first-order chi connectivity index (χ1) is 9.17. The number of nitrogens with one attached hydrogen (secondary N) is 2. The smallest absolute Gasteiger partial charge is 0.180 e. The van der Waals surface area contributed by atoms with Crippen molar-refractivity contribution in [3.05, 3.63) is 35.4 Å². The van der Waals surface area contributed by atoms with E-state index in [0.717, 1.165) is 16.9 Å². The third-order valence-corrected chi connectivity index (χ3v) is 3.11. The summed E-state index contributed by atoms with van der Waals surface area (Å²) in [6.45, 7) is 0. The van der Waals surface area contributed by atoms with Gasteiger partial charge in [-0.2, -0.15) is 0 Å². The van der Waals surface area contributed by atoms with Crippen LogP contribution in [-0.2, 0) is 0 Å². The summed E-state index contributed by atoms with van der Waals surface area (Å²) in [7, 11) is 1.82. The SMILES string of the molecule is CNc1ccc2[nH]c(-c3ccc(Cl)cc3N)nc2n1. The van der Waals surface area contributed by atoms with Crippen molar-refractivity contribution in [2.45, 2.75) is 0 Å². The Morgan fingerprint density at radius 2 is 2.05 bits per heavy atom. The minimum Gasteiger partial charge on any atom is -0.398 e. The van der Waals surface area contributed by atoms with Gasteiger partial charge in [-0.1, -0.05) is 11.6 Å². The number of pyridine rings is 1. The van der Waals surface area contributed by atoms with E-state index in [9.17, 15) is 0 Å². The van der Waals surface area contributed by atoms with Crippen LogP contribution in [0.4, 0.5) is 11.5 Å². The number of rotatable bonds is 2. The second kappa shape index (κ2) is 4.44. The number of hydrogen-bond acceptors (Lipinski definition) is 4. The maximum absolute atomic E-state index is 5.95. The van der Waals surface area contributed by atoms with Gasteiger partial charge < -0.3 is 16.0 Å². The number of aromatic amines is 1. The summed E-state index contributed by atoms with van der Waals surface area (Å²) in [6.07, 6.45) is 0. The molecule has 3 aromatic rings. The molecule has 5 nitrogen and oxygen atoms in total. The van der Waals surface area contributed by atoms with Crippen LogP contribution in [0.2, 0.25) is 5.02 Å². The Morgan fingerprint density at radius 3 is 2.79 bits per heavy atom. The fraction of sp³-hybridized carbons (Fsp3) is 0.0769. The molecule has 0 spiro atoms. The second-order valence-corrected chi connectivity index (χ2v) is 4.57. The zero-order valence-corrected chi connectivity index (χ0v) is 11.0. The highest BCUT2D eigenvalue weighted by Gasteiger charge is 2.09. The van der Waals surface area contributed by atoms with Gasteiger partial charge >= 0.3 is 0 Å². The Labute approximate surface area is 114 Å². The van der Waals surface area contributed by atoms with E-state index in [1.807, 2.05) is 25.2 Å². The monoisotopic (exact) mass is 273 g/mol. The van der Waals surface area contributed by atoms with Crippen LogP contribution in [0.5, 0.6) is 0 Å². The van der Waals surface area contributed by atoms with Crippen molar-refractivity contribution < 1.29 is 0 Å². The quantitative estimate of drug-likeness (QED) is 0.627. The van der Waals surface area contributed by atoms with Crippen molar-refractivity contribution in [3.63, 3.8) is 0 Å². The van der Waals surface area contributed by atoms with Crippen molar-refractivity contribution in [2.24, 2.45) is 0 Å². The van der Waals surface area contributed by atoms with Crippen LogP contribution in [0.3, 0.4) is 0 Å². The number of hydrogen-bond donors (Lipinski definition) is 3. The Kier molecular flexibility index (Phi) is 2.76. The number of anilines is 2. The molecule has 0 saturated carbocycles. The van der Waals surface area contributed by atoms with Crippen LogP contribution in [0, 0.1) is 0 Å². The van der Waals surface area contributed by atoms with Crippen molar-refractivity contribution in [2.75, 3.05) is 18.1 Å². The number of nitrogen functional groups attached to an aromatic ring is 1. The Balaban J connectivity index is 2.14. The van der Waals surface area contributed by atoms with E-state index in [1.165, 1.54) is 0 Å². The third kappa shape index (κ3) is 2.08. The molecule has 0 unspecified atom stereocenters. The number of fused-ring (bicyclic) bond motifs is 1. The molecule has 0 aliphatic carbocycles. The lowest BCUT2D eigenvalue weighted by Gasteiger charge is -2.01. The van der Waals surface area contributed by atoms with Gasteiger partial charge in [-0.05, 0) is 30.3 Å². The van der Waals surface area contributed by atoms with E-state index in [-0.39, 0.29) is 0 Å². The maximum Gasteiger partial charge on any atom is 0.180 e. The van der Waals surface area contributed by atoms with Gasteiger partial charge in [0.2, 0.25) is 0 Å². The third-order valence-electron chi connectivity index (χ3n) is 2.87. The first-order valence-electron chi connectivity index (χ1n) is 5.77. The molecule has 2 heterocycles. The van der Waals surface area contributed by atoms with Crippen LogP contribution in [0.15, 0.2) is 30.3 Å². The van der Waals surface area contributed by atoms with E-state index >= 15 is 0 Å². The lowest BCUT2D eigenvalue weighted by atomic mass is 10.2. The lowest BCUT2D eigenvalue weighted by molar-refractivity contribution is 1.28. The molecule has 0 bridgehead atoms. The normalized spacial score (nSPS) is 10.8. The zero-order valence-electron chi connectivity index (χ0n) is 10.2. The first kappa shape index (κ1) is 11.8. The number of benzene rings is 1. The molecule has 3 rings (SSSR count). The summed E-state index contributed by atoms with van der Waals surface area (Å²) in [5.41, 5.74) is 8.86. The molecule has 6 heteroatoms. The predicted molar refractivity (Wildman–Crippen MR) is 78.3 cm³/mol. The largest absolute Gasteiger partial charge is 0.398 e. The Hall–Kier alpha value is -2.27. The molecule has 0 radical (unpaired) electrons. The maximum atomic E-state index is 5.95. The summed E-state index contributed by atoms with van der Waals surface area (Å²) in [5, 5.41) is 3.58. The molecule has 0 amide bonds. The zero-order chi connectivity index (χ0) is 13.4. The van der Waals surface area contributed by atoms with Crippen molar-refractivity contribution in [3.8, 4) is 11.4 Å². The van der Waals surface area contributed by atoms with Gasteiger partial charge in [-0.3, -0.25) is 0 Å². The van der Waals surface area contributed by atoms with Crippen LogP contribution >= 0.6 is 11.6 Å². The molecule has 1 aromatic carbocycles.